The maximum atomic E-state index is 12.5. The summed E-state index contributed by atoms with van der Waals surface area (Å²) in [6.45, 7) is 9.71. The van der Waals surface area contributed by atoms with E-state index in [0.717, 1.165) is 24.2 Å². The number of nitrogens with zero attached hydrogens (tertiary/aromatic N) is 2. The van der Waals surface area contributed by atoms with Crippen LogP contribution in [0.25, 0.3) is 6.08 Å². The molecule has 0 unspecified atom stereocenters. The van der Waals surface area contributed by atoms with Crippen molar-refractivity contribution in [3.8, 4) is 0 Å². The van der Waals surface area contributed by atoms with E-state index >= 15 is 0 Å². The molecule has 0 saturated carbocycles. The number of nitrogens with one attached hydrogen (secondary N) is 2. The zero-order chi connectivity index (χ0) is 23.7. The van der Waals surface area contributed by atoms with Gasteiger partial charge in [0, 0.05) is 23.1 Å². The van der Waals surface area contributed by atoms with Crippen molar-refractivity contribution in [1.82, 2.24) is 4.98 Å². The van der Waals surface area contributed by atoms with E-state index in [-0.39, 0.29) is 0 Å². The highest BCUT2D eigenvalue weighted by atomic mass is 35.5. The van der Waals surface area contributed by atoms with E-state index in [4.69, 9.17) is 23.2 Å². The van der Waals surface area contributed by atoms with Gasteiger partial charge in [0.05, 0.1) is 17.1 Å². The molecule has 0 aliphatic rings. The first-order valence-electron chi connectivity index (χ1n) is 10.3. The first kappa shape index (κ1) is 25.0. The molecule has 1 aromatic heterocycles. The van der Waals surface area contributed by atoms with Crippen LogP contribution in [0.15, 0.2) is 61.0 Å². The first-order valence-corrected chi connectivity index (χ1v) is 10.7. The number of aryl methyl sites for hydroxylation is 1. The number of benzene rings is 1. The number of carbonyl (C=O) groups is 1. The fourth-order valence-electron chi connectivity index (χ4n) is 2.78. The summed E-state index contributed by atoms with van der Waals surface area (Å²) in [7, 11) is 0. The Balaban J connectivity index is 2.02. The van der Waals surface area contributed by atoms with Crippen molar-refractivity contribution in [3.05, 3.63) is 77.4 Å². The van der Waals surface area contributed by atoms with E-state index in [1.54, 1.807) is 61.7 Å². The second-order valence-corrected chi connectivity index (χ2v) is 8.12. The number of urea groups is 1. The molecule has 0 radical (unpaired) electrons. The minimum atomic E-state index is -0.397. The van der Waals surface area contributed by atoms with E-state index in [1.807, 2.05) is 0 Å². The molecule has 7 nitrogen and oxygen atoms in total. The topological polar surface area (TPSA) is 109 Å². The zero-order valence-corrected chi connectivity index (χ0v) is 19.5. The van der Waals surface area contributed by atoms with Crippen LogP contribution in [-0.4, -0.2) is 11.0 Å². The van der Waals surface area contributed by atoms with Crippen LogP contribution >= 0.6 is 11.6 Å². The molecular formula is C24H31ClN6O. The zero-order valence-electron chi connectivity index (χ0n) is 18.7. The number of hydrogen-bond acceptors (Lipinski definition) is 5. The molecule has 32 heavy (non-hydrogen) atoms. The van der Waals surface area contributed by atoms with Gasteiger partial charge in [-0.15, -0.1) is 0 Å². The molecular weight excluding hydrogens is 424 g/mol. The van der Waals surface area contributed by atoms with Crippen LogP contribution < -0.4 is 27.2 Å². The number of halogens is 1. The molecule has 0 aliphatic heterocycles. The van der Waals surface area contributed by atoms with Gasteiger partial charge in [-0.05, 0) is 56.0 Å². The van der Waals surface area contributed by atoms with Gasteiger partial charge in [0.15, 0.2) is 0 Å². The van der Waals surface area contributed by atoms with Gasteiger partial charge in [0.2, 0.25) is 0 Å². The third-order valence-corrected chi connectivity index (χ3v) is 4.90. The lowest BCUT2D eigenvalue weighted by atomic mass is 10.1. The Morgan fingerprint density at radius 2 is 1.97 bits per heavy atom. The van der Waals surface area contributed by atoms with Crippen LogP contribution in [0.3, 0.4) is 0 Å². The van der Waals surface area contributed by atoms with Crippen molar-refractivity contribution in [3.63, 3.8) is 0 Å². The van der Waals surface area contributed by atoms with Gasteiger partial charge < -0.3 is 16.4 Å². The highest BCUT2D eigenvalue weighted by molar-refractivity contribution is 6.31. The fourth-order valence-corrected chi connectivity index (χ4v) is 3.03. The molecule has 1 aromatic carbocycles. The predicted octanol–water partition coefficient (Wildman–Crippen LogP) is 5.80. The molecule has 0 saturated heterocycles. The number of aromatic nitrogens is 1. The van der Waals surface area contributed by atoms with E-state index in [0.29, 0.717) is 33.7 Å². The number of carbonyl (C=O) groups excluding carboxylic acids is 1. The van der Waals surface area contributed by atoms with Crippen LogP contribution in [0.1, 0.15) is 37.9 Å². The van der Waals surface area contributed by atoms with Crippen molar-refractivity contribution >= 4 is 40.8 Å². The van der Waals surface area contributed by atoms with Gasteiger partial charge in [0.25, 0.3) is 0 Å². The molecule has 0 aliphatic carbocycles. The summed E-state index contributed by atoms with van der Waals surface area (Å²) in [5, 5.41) is 7.41. The molecule has 2 amide bonds. The van der Waals surface area contributed by atoms with Gasteiger partial charge in [-0.2, -0.15) is 0 Å². The number of nitrogens with two attached hydrogens (primary N) is 2. The third-order valence-electron chi connectivity index (χ3n) is 4.59. The monoisotopic (exact) mass is 454 g/mol. The number of allylic oxidation sites excluding steroid dienone is 3. The molecule has 170 valence electrons. The van der Waals surface area contributed by atoms with E-state index < -0.39 is 6.03 Å². The lowest BCUT2D eigenvalue weighted by molar-refractivity contribution is 0.262. The van der Waals surface area contributed by atoms with Crippen LogP contribution in [0.5, 0.6) is 0 Å². The van der Waals surface area contributed by atoms with Crippen molar-refractivity contribution < 1.29 is 4.79 Å². The van der Waals surface area contributed by atoms with Crippen molar-refractivity contribution in [1.29, 1.82) is 0 Å². The van der Waals surface area contributed by atoms with Gasteiger partial charge in [-0.25, -0.2) is 15.6 Å². The molecule has 0 spiro atoms. The van der Waals surface area contributed by atoms with Crippen molar-refractivity contribution in [2.45, 2.75) is 33.6 Å². The van der Waals surface area contributed by atoms with Gasteiger partial charge in [0.1, 0.15) is 5.15 Å². The Morgan fingerprint density at radius 3 is 2.59 bits per heavy atom. The Labute approximate surface area is 194 Å². The maximum Gasteiger partial charge on any atom is 0.323 e. The van der Waals surface area contributed by atoms with Crippen molar-refractivity contribution in [2.24, 2.45) is 17.5 Å². The number of rotatable bonds is 9. The summed E-state index contributed by atoms with van der Waals surface area (Å²) in [6, 6.07) is 8.49. The summed E-state index contributed by atoms with van der Waals surface area (Å²) in [6.07, 6.45) is 8.66. The molecule has 2 aromatic rings. The molecule has 0 fully saturated rings. The second kappa shape index (κ2) is 11.9. The standard InChI is InChI=1S/C24H31ClN6O/c1-5-6-7-18-14-22(17(4)28-23(18)25)30-24(32)29-20-10-12-21(13-11-20)31(27)15-19(26)9-8-16(2)3/h5-7,10-16H,1,8-9,26-27H2,2-4H3,(H2,29,30,32)/b7-6-,19-15-. The Morgan fingerprint density at radius 1 is 1.28 bits per heavy atom. The largest absolute Gasteiger partial charge is 0.401 e. The Bertz CT molecular complexity index is 998. The summed E-state index contributed by atoms with van der Waals surface area (Å²) in [5.74, 6) is 6.66. The lowest BCUT2D eigenvalue weighted by Crippen LogP contribution is -2.26. The van der Waals surface area contributed by atoms with E-state index in [1.165, 1.54) is 5.01 Å². The summed E-state index contributed by atoms with van der Waals surface area (Å²) < 4.78 is 0. The lowest BCUT2D eigenvalue weighted by Gasteiger charge is -2.16. The molecule has 8 heteroatoms. The average Bonchev–Trinajstić information content (AvgIpc) is 2.73. The number of amides is 2. The van der Waals surface area contributed by atoms with Gasteiger partial charge >= 0.3 is 6.03 Å². The third kappa shape index (κ3) is 7.76. The molecule has 0 bridgehead atoms. The van der Waals surface area contributed by atoms with Crippen LogP contribution in [0.4, 0.5) is 21.9 Å². The fraction of sp³-hybridized carbons (Fsp3) is 0.250. The quantitative estimate of drug-likeness (QED) is 0.165. The van der Waals surface area contributed by atoms with Gasteiger partial charge in [-0.3, -0.25) is 5.01 Å². The van der Waals surface area contributed by atoms with E-state index in [2.05, 4.69) is 36.0 Å². The molecule has 6 N–H and O–H groups in total. The number of hydrazine groups is 1. The SMILES string of the molecule is C=C/C=C\c1cc(NC(=O)Nc2ccc(N(N)/C=C(\N)CCC(C)C)cc2)c(C)nc1Cl. The molecule has 1 heterocycles. The van der Waals surface area contributed by atoms with Crippen LogP contribution in [0.2, 0.25) is 5.15 Å². The average molecular weight is 455 g/mol. The number of anilines is 3. The predicted molar refractivity (Wildman–Crippen MR) is 135 cm³/mol. The molecule has 0 atom stereocenters. The highest BCUT2D eigenvalue weighted by Crippen LogP contribution is 2.23. The first-order chi connectivity index (χ1) is 15.2. The smallest absolute Gasteiger partial charge is 0.323 e. The minimum absolute atomic E-state index is 0.354. The van der Waals surface area contributed by atoms with Crippen LogP contribution in [0, 0.1) is 12.8 Å². The summed E-state index contributed by atoms with van der Waals surface area (Å²) >= 11 is 6.16. The number of pyridine rings is 1. The Kier molecular flexibility index (Phi) is 9.31. The van der Waals surface area contributed by atoms with Crippen LogP contribution in [-0.2, 0) is 0 Å². The summed E-state index contributed by atoms with van der Waals surface area (Å²) in [5.41, 5.74) is 9.97. The second-order valence-electron chi connectivity index (χ2n) is 7.77. The highest BCUT2D eigenvalue weighted by Gasteiger charge is 2.10. The Hall–Kier alpha value is -3.29. The van der Waals surface area contributed by atoms with Crippen molar-refractivity contribution in [2.75, 3.05) is 15.6 Å². The van der Waals surface area contributed by atoms with Gasteiger partial charge in [-0.1, -0.05) is 50.3 Å². The number of hydrogen-bond donors (Lipinski definition) is 4. The minimum Gasteiger partial charge on any atom is -0.401 e. The van der Waals surface area contributed by atoms with E-state index in [9.17, 15) is 4.79 Å². The maximum absolute atomic E-state index is 12.5. The normalized spacial score (nSPS) is 11.6. The molecule has 2 rings (SSSR count). The summed E-state index contributed by atoms with van der Waals surface area (Å²) in [4.78, 5) is 16.7.